The molecule has 4 aromatic rings. The predicted octanol–water partition coefficient (Wildman–Crippen LogP) is 7.81. The number of benzene rings is 3. The summed E-state index contributed by atoms with van der Waals surface area (Å²) < 4.78 is 11.9. The first kappa shape index (κ1) is 53.7. The molecule has 74 heavy (non-hydrogen) atoms. The van der Waals surface area contributed by atoms with Crippen molar-refractivity contribution in [2.75, 3.05) is 32.7 Å². The fourth-order valence-corrected chi connectivity index (χ4v) is 12.2. The second-order valence-electron chi connectivity index (χ2n) is 22.1. The van der Waals surface area contributed by atoms with Crippen LogP contribution in [0, 0.1) is 65.1 Å². The van der Waals surface area contributed by atoms with Crippen LogP contribution in [0.2, 0.25) is 5.02 Å². The number of piperidine rings is 2. The van der Waals surface area contributed by atoms with Crippen LogP contribution in [0.5, 0.6) is 5.75 Å². The molecule has 0 bridgehead atoms. The number of nitrogens with zero attached hydrogens (tertiary/aromatic N) is 5. The Labute approximate surface area is 440 Å². The lowest BCUT2D eigenvalue weighted by molar-refractivity contribution is -0.164. The van der Waals surface area contributed by atoms with Gasteiger partial charge in [0.25, 0.3) is 5.91 Å². The van der Waals surface area contributed by atoms with E-state index in [2.05, 4.69) is 72.2 Å². The molecule has 3 saturated heterocycles. The SMILES string of the molecule is C#Cc1ccc(C(CC(=O)N2CCC(N3CCC(C#Cc4ccc(C(=O)NC5C(C)(C)C(Oc6ccc(C#N)c(Cl)c6)C5(C)C)cc4)CC3)CC2)NC(=O)C2CC(O)CN2C(=O)C(c2cc(C)no2)C(C)C)cc1. The Hall–Kier alpha value is -6.63. The average Bonchev–Trinajstić information content (AvgIpc) is 4.01. The van der Waals surface area contributed by atoms with Crippen LogP contribution in [0.25, 0.3) is 0 Å². The number of rotatable bonds is 13. The second-order valence-corrected chi connectivity index (χ2v) is 22.5. The molecule has 15 heteroatoms. The Morgan fingerprint density at radius 3 is 2.19 bits per heavy atom. The maximum absolute atomic E-state index is 14.2. The number of nitriles is 1. The van der Waals surface area contributed by atoms with Gasteiger partial charge in [0.05, 0.1) is 34.8 Å². The summed E-state index contributed by atoms with van der Waals surface area (Å²) in [5.74, 6) is 8.88. The highest BCUT2D eigenvalue weighted by atomic mass is 35.5. The van der Waals surface area contributed by atoms with Crippen LogP contribution in [0.4, 0.5) is 0 Å². The molecule has 3 aliphatic heterocycles. The van der Waals surface area contributed by atoms with E-state index in [1.54, 1.807) is 43.3 Å². The summed E-state index contributed by atoms with van der Waals surface area (Å²) in [5.41, 5.74) is 3.08. The van der Waals surface area contributed by atoms with Crippen LogP contribution in [0.3, 0.4) is 0 Å². The van der Waals surface area contributed by atoms with E-state index in [0.29, 0.717) is 63.6 Å². The Balaban J connectivity index is 0.810. The summed E-state index contributed by atoms with van der Waals surface area (Å²) in [7, 11) is 0. The molecule has 14 nitrogen and oxygen atoms in total. The van der Waals surface area contributed by atoms with Gasteiger partial charge >= 0.3 is 0 Å². The molecule has 4 fully saturated rings. The molecular weight excluding hydrogens is 954 g/mol. The van der Waals surface area contributed by atoms with Gasteiger partial charge < -0.3 is 39.7 Å². The zero-order valence-electron chi connectivity index (χ0n) is 43.5. The number of hydrogen-bond donors (Lipinski definition) is 3. The van der Waals surface area contributed by atoms with Gasteiger partial charge in [0.15, 0.2) is 0 Å². The number of halogens is 1. The lowest BCUT2D eigenvalue weighted by atomic mass is 9.49. The fourth-order valence-electron chi connectivity index (χ4n) is 12.0. The van der Waals surface area contributed by atoms with Crippen molar-refractivity contribution in [2.24, 2.45) is 22.7 Å². The number of aliphatic hydroxyl groups excluding tert-OH is 1. The maximum atomic E-state index is 14.2. The molecule has 1 aromatic heterocycles. The smallest absolute Gasteiger partial charge is 0.251 e. The van der Waals surface area contributed by atoms with Crippen LogP contribution >= 0.6 is 11.6 Å². The largest absolute Gasteiger partial charge is 0.489 e. The van der Waals surface area contributed by atoms with E-state index in [1.165, 1.54) is 4.90 Å². The molecule has 8 rings (SSSR count). The zero-order chi connectivity index (χ0) is 53.1. The predicted molar refractivity (Wildman–Crippen MR) is 281 cm³/mol. The van der Waals surface area contributed by atoms with Crippen molar-refractivity contribution in [1.82, 2.24) is 30.5 Å². The van der Waals surface area contributed by atoms with E-state index >= 15 is 0 Å². The third-order valence-corrected chi connectivity index (χ3v) is 16.1. The van der Waals surface area contributed by atoms with Gasteiger partial charge in [-0.2, -0.15) is 5.26 Å². The lowest BCUT2D eigenvalue weighted by Gasteiger charge is -2.63. The van der Waals surface area contributed by atoms with Gasteiger partial charge in [0.1, 0.15) is 35.6 Å². The number of hydrogen-bond acceptors (Lipinski definition) is 10. The minimum absolute atomic E-state index is 0.00470. The monoisotopic (exact) mass is 1020 g/mol. The Kier molecular flexibility index (Phi) is 16.3. The number of aryl methyl sites for hydroxylation is 1. The summed E-state index contributed by atoms with van der Waals surface area (Å²) in [4.78, 5) is 61.7. The van der Waals surface area contributed by atoms with Crippen LogP contribution in [-0.4, -0.2) is 112 Å². The quantitative estimate of drug-likeness (QED) is 0.112. The number of ether oxygens (including phenoxy) is 1. The number of amides is 4. The second kappa shape index (κ2) is 22.5. The molecule has 1 aliphatic carbocycles. The van der Waals surface area contributed by atoms with E-state index in [-0.39, 0.29) is 71.9 Å². The van der Waals surface area contributed by atoms with E-state index in [4.69, 9.17) is 27.3 Å². The summed E-state index contributed by atoms with van der Waals surface area (Å²) in [6, 6.07) is 22.1. The van der Waals surface area contributed by atoms with Crippen molar-refractivity contribution < 1.29 is 33.5 Å². The Morgan fingerprint density at radius 2 is 1.59 bits per heavy atom. The van der Waals surface area contributed by atoms with Crippen molar-refractivity contribution in [3.05, 3.63) is 117 Å². The number of carbonyl (C=O) groups excluding carboxylic acids is 4. The molecule has 4 unspecified atom stereocenters. The number of aliphatic hydroxyl groups is 1. The van der Waals surface area contributed by atoms with Crippen molar-refractivity contribution in [2.45, 2.75) is 129 Å². The number of likely N-dealkylation sites (tertiary alicyclic amines) is 3. The molecule has 0 spiro atoms. The minimum Gasteiger partial charge on any atom is -0.489 e. The molecule has 3 N–H and O–H groups in total. The Bertz CT molecular complexity index is 2840. The fraction of sp³-hybridized carbons (Fsp3) is 0.492. The zero-order valence-corrected chi connectivity index (χ0v) is 44.2. The van der Waals surface area contributed by atoms with Gasteiger partial charge in [-0.05, 0) is 106 Å². The summed E-state index contributed by atoms with van der Waals surface area (Å²) >= 11 is 6.27. The van der Waals surface area contributed by atoms with Gasteiger partial charge in [0, 0.05) is 83.7 Å². The highest BCUT2D eigenvalue weighted by Gasteiger charge is 2.64. The van der Waals surface area contributed by atoms with E-state index in [9.17, 15) is 29.5 Å². The first-order valence-corrected chi connectivity index (χ1v) is 26.2. The van der Waals surface area contributed by atoms with Crippen molar-refractivity contribution >= 4 is 35.2 Å². The molecule has 4 amide bonds. The van der Waals surface area contributed by atoms with E-state index in [0.717, 1.165) is 44.3 Å². The lowest BCUT2D eigenvalue weighted by Crippen LogP contribution is -2.74. The van der Waals surface area contributed by atoms with Crippen molar-refractivity contribution in [1.29, 1.82) is 5.26 Å². The normalized spacial score (nSPS) is 22.5. The van der Waals surface area contributed by atoms with Crippen LogP contribution in [-0.2, 0) is 14.4 Å². The highest BCUT2D eigenvalue weighted by Crippen LogP contribution is 2.55. The summed E-state index contributed by atoms with van der Waals surface area (Å²) in [6.07, 6.45) is 8.22. The van der Waals surface area contributed by atoms with Gasteiger partial charge in [-0.15, -0.1) is 6.42 Å². The first-order valence-electron chi connectivity index (χ1n) is 25.9. The van der Waals surface area contributed by atoms with Gasteiger partial charge in [-0.3, -0.25) is 19.2 Å². The van der Waals surface area contributed by atoms with Crippen molar-refractivity contribution in [3.8, 4) is 36.0 Å². The van der Waals surface area contributed by atoms with Gasteiger partial charge in [-0.25, -0.2) is 0 Å². The molecule has 4 heterocycles. The molecule has 1 saturated carbocycles. The standard InChI is InChI=1S/C59H68ClN7O7/c1-9-38-12-16-41(17-13-38)48(62-54(71)49-31-45(68)35-67(49)55(72)52(36(2)3)50-30-37(4)64-74-50)33-51(69)66-28-24-44(25-29-66)65-26-22-40(23-27-65)11-10-39-14-18-42(19-15-39)53(70)63-56-58(5,6)57(59(56,7)8)73-46-21-20-43(34-61)47(60)32-46/h1,12-21,30,32,36,40,44-45,48-49,52,56-57,68H,22-29,31,33,35H2,2-8H3,(H,62,71)(H,63,70). The number of nitrogens with one attached hydrogen (secondary N) is 2. The van der Waals surface area contributed by atoms with Gasteiger partial charge in [0.2, 0.25) is 17.7 Å². The molecule has 0 radical (unpaired) electrons. The van der Waals surface area contributed by atoms with Crippen molar-refractivity contribution in [3.63, 3.8) is 0 Å². The van der Waals surface area contributed by atoms with Crippen LogP contribution in [0.1, 0.15) is 136 Å². The number of aromatic nitrogens is 1. The number of carbonyl (C=O) groups is 4. The van der Waals surface area contributed by atoms with E-state index < -0.39 is 30.0 Å². The molecular formula is C59H68ClN7O7. The average molecular weight is 1020 g/mol. The number of terminal acetylenes is 1. The number of β-amino-alcohol motifs (C(OH)–C–C–N with tert-alkyl or cyclic N) is 1. The Morgan fingerprint density at radius 1 is 0.932 bits per heavy atom. The molecule has 4 aliphatic rings. The molecule has 4 atom stereocenters. The van der Waals surface area contributed by atoms with E-state index in [1.807, 2.05) is 55.1 Å². The summed E-state index contributed by atoms with van der Waals surface area (Å²) in [6.45, 7) is 17.0. The molecule has 3 aromatic carbocycles. The van der Waals surface area contributed by atoms with Gasteiger partial charge in [-0.1, -0.05) is 88.2 Å². The first-order chi connectivity index (χ1) is 35.3. The highest BCUT2D eigenvalue weighted by molar-refractivity contribution is 6.31. The third-order valence-electron chi connectivity index (χ3n) is 15.8. The van der Waals surface area contributed by atoms with Crippen LogP contribution < -0.4 is 15.4 Å². The minimum atomic E-state index is -0.942. The topological polar surface area (TPSA) is 181 Å². The summed E-state index contributed by atoms with van der Waals surface area (Å²) in [5, 5.41) is 30.7. The maximum Gasteiger partial charge on any atom is 0.251 e. The molecule has 388 valence electrons. The van der Waals surface area contributed by atoms with Crippen LogP contribution in [0.15, 0.2) is 77.3 Å². The third kappa shape index (κ3) is 11.7.